The minimum atomic E-state index is -0.308. The van der Waals surface area contributed by atoms with Crippen molar-refractivity contribution in [1.82, 2.24) is 0 Å². The molecular weight excluding hydrogens is 234 g/mol. The molecule has 0 bridgehead atoms. The van der Waals surface area contributed by atoms with Crippen LogP contribution in [-0.4, -0.2) is 13.0 Å². The first kappa shape index (κ1) is 14.1. The summed E-state index contributed by atoms with van der Waals surface area (Å²) in [5.74, 6) is 0.254. The van der Waals surface area contributed by atoms with Crippen LogP contribution in [0.15, 0.2) is 24.3 Å². The lowest BCUT2D eigenvalue weighted by molar-refractivity contribution is -0.122. The fourth-order valence-electron chi connectivity index (χ4n) is 3.15. The number of nitrogens with zero attached hydrogens (tertiary/aromatic N) is 1. The molecule has 0 N–H and O–H groups in total. The maximum absolute atomic E-state index is 12.5. The van der Waals surface area contributed by atoms with Gasteiger partial charge in [0.25, 0.3) is 0 Å². The molecule has 1 heterocycles. The highest BCUT2D eigenvalue weighted by Crippen LogP contribution is 2.43. The van der Waals surface area contributed by atoms with E-state index in [-0.39, 0.29) is 11.3 Å². The minimum absolute atomic E-state index is 0.254. The van der Waals surface area contributed by atoms with Gasteiger partial charge in [-0.2, -0.15) is 0 Å². The van der Waals surface area contributed by atoms with Gasteiger partial charge in [-0.3, -0.25) is 4.79 Å². The number of para-hydroxylation sites is 1. The van der Waals surface area contributed by atoms with E-state index in [1.165, 1.54) is 31.2 Å². The molecule has 0 spiro atoms. The van der Waals surface area contributed by atoms with Crippen LogP contribution in [0.3, 0.4) is 0 Å². The zero-order valence-corrected chi connectivity index (χ0v) is 12.4. The number of amides is 1. The highest BCUT2D eigenvalue weighted by molar-refractivity contribution is 6.07. The molecule has 1 aromatic carbocycles. The number of benzene rings is 1. The van der Waals surface area contributed by atoms with Crippen LogP contribution in [0.25, 0.3) is 0 Å². The highest BCUT2D eigenvalue weighted by atomic mass is 16.2. The molecule has 1 atom stereocenters. The van der Waals surface area contributed by atoms with Gasteiger partial charge in [0.15, 0.2) is 0 Å². The van der Waals surface area contributed by atoms with Gasteiger partial charge < -0.3 is 4.90 Å². The maximum Gasteiger partial charge on any atom is 0.237 e. The SMILES string of the molecule is CCCCCCCC1(C)C(=O)N(C)c2ccccc21. The number of hydrogen-bond donors (Lipinski definition) is 0. The van der Waals surface area contributed by atoms with E-state index < -0.39 is 0 Å². The molecule has 1 aliphatic rings. The third kappa shape index (κ3) is 2.54. The number of hydrogen-bond acceptors (Lipinski definition) is 1. The summed E-state index contributed by atoms with van der Waals surface area (Å²) in [5, 5.41) is 0. The van der Waals surface area contributed by atoms with E-state index in [2.05, 4.69) is 26.0 Å². The summed E-state index contributed by atoms with van der Waals surface area (Å²) in [4.78, 5) is 14.4. The number of likely N-dealkylation sites (N-methyl/N-ethyl adjacent to an activating group) is 1. The standard InChI is InChI=1S/C17H25NO/c1-4-5-6-7-10-13-17(2)14-11-8-9-12-15(14)18(3)16(17)19/h8-9,11-12H,4-7,10,13H2,1-3H3. The van der Waals surface area contributed by atoms with Crippen LogP contribution in [0.1, 0.15) is 57.9 Å². The Bertz CT molecular complexity index is 454. The van der Waals surface area contributed by atoms with Gasteiger partial charge in [0.1, 0.15) is 0 Å². The molecule has 1 unspecified atom stereocenters. The van der Waals surface area contributed by atoms with E-state index >= 15 is 0 Å². The molecule has 2 heteroatoms. The first-order valence-corrected chi connectivity index (χ1v) is 7.49. The van der Waals surface area contributed by atoms with Crippen molar-refractivity contribution in [1.29, 1.82) is 0 Å². The van der Waals surface area contributed by atoms with E-state index in [1.54, 1.807) is 0 Å². The second kappa shape index (κ2) is 5.77. The fraction of sp³-hybridized carbons (Fsp3) is 0.588. The zero-order valence-electron chi connectivity index (χ0n) is 12.4. The number of carbonyl (C=O) groups excluding carboxylic acids is 1. The Balaban J connectivity index is 2.08. The number of unbranched alkanes of at least 4 members (excludes halogenated alkanes) is 4. The first-order valence-electron chi connectivity index (χ1n) is 7.49. The van der Waals surface area contributed by atoms with Crippen LogP contribution < -0.4 is 4.90 Å². The molecule has 1 aliphatic heterocycles. The lowest BCUT2D eigenvalue weighted by Crippen LogP contribution is -2.36. The van der Waals surface area contributed by atoms with E-state index in [1.807, 2.05) is 24.1 Å². The number of carbonyl (C=O) groups is 1. The van der Waals surface area contributed by atoms with E-state index in [9.17, 15) is 4.79 Å². The van der Waals surface area contributed by atoms with E-state index in [0.717, 1.165) is 18.5 Å². The lowest BCUT2D eigenvalue weighted by atomic mass is 9.79. The molecule has 19 heavy (non-hydrogen) atoms. The van der Waals surface area contributed by atoms with Gasteiger partial charge in [0.05, 0.1) is 5.41 Å². The summed E-state index contributed by atoms with van der Waals surface area (Å²) in [5.41, 5.74) is 1.99. The molecule has 0 saturated heterocycles. The van der Waals surface area contributed by atoms with Crippen molar-refractivity contribution in [2.45, 2.75) is 57.8 Å². The molecule has 1 aromatic rings. The Kier molecular flexibility index (Phi) is 4.28. The predicted octanol–water partition coefficient (Wildman–Crippen LogP) is 4.28. The summed E-state index contributed by atoms with van der Waals surface area (Å²) in [6.07, 6.45) is 7.21. The average Bonchev–Trinajstić information content (AvgIpc) is 2.62. The molecule has 0 saturated carbocycles. The zero-order chi connectivity index (χ0) is 13.9. The van der Waals surface area contributed by atoms with Crippen molar-refractivity contribution in [2.75, 3.05) is 11.9 Å². The Morgan fingerprint density at radius 3 is 2.53 bits per heavy atom. The topological polar surface area (TPSA) is 20.3 Å². The number of anilines is 1. The van der Waals surface area contributed by atoms with Crippen molar-refractivity contribution < 1.29 is 4.79 Å². The van der Waals surface area contributed by atoms with Crippen LogP contribution in [0, 0.1) is 0 Å². The van der Waals surface area contributed by atoms with Crippen molar-refractivity contribution in [3.63, 3.8) is 0 Å². The summed E-state index contributed by atoms with van der Waals surface area (Å²) in [7, 11) is 1.89. The van der Waals surface area contributed by atoms with Crippen molar-refractivity contribution in [3.8, 4) is 0 Å². The predicted molar refractivity (Wildman–Crippen MR) is 80.6 cm³/mol. The smallest absolute Gasteiger partial charge is 0.237 e. The summed E-state index contributed by atoms with van der Waals surface area (Å²) < 4.78 is 0. The largest absolute Gasteiger partial charge is 0.314 e. The molecule has 0 radical (unpaired) electrons. The number of rotatable bonds is 6. The quantitative estimate of drug-likeness (QED) is 0.698. The number of fused-ring (bicyclic) bond motifs is 1. The molecule has 0 aromatic heterocycles. The monoisotopic (exact) mass is 259 g/mol. The maximum atomic E-state index is 12.5. The normalized spacial score (nSPS) is 21.8. The second-order valence-electron chi connectivity index (χ2n) is 5.88. The third-order valence-corrected chi connectivity index (χ3v) is 4.42. The molecule has 2 rings (SSSR count). The Morgan fingerprint density at radius 2 is 1.79 bits per heavy atom. The lowest BCUT2D eigenvalue weighted by Gasteiger charge is -2.23. The van der Waals surface area contributed by atoms with Gasteiger partial charge in [0.2, 0.25) is 5.91 Å². The van der Waals surface area contributed by atoms with Gasteiger partial charge in [-0.05, 0) is 25.0 Å². The van der Waals surface area contributed by atoms with Crippen molar-refractivity contribution in [2.24, 2.45) is 0 Å². The molecule has 2 nitrogen and oxygen atoms in total. The van der Waals surface area contributed by atoms with Gasteiger partial charge >= 0.3 is 0 Å². The van der Waals surface area contributed by atoms with Crippen LogP contribution >= 0.6 is 0 Å². The summed E-state index contributed by atoms with van der Waals surface area (Å²) in [6, 6.07) is 8.22. The van der Waals surface area contributed by atoms with Gasteiger partial charge in [-0.1, -0.05) is 57.2 Å². The minimum Gasteiger partial charge on any atom is -0.314 e. The van der Waals surface area contributed by atoms with Gasteiger partial charge in [-0.15, -0.1) is 0 Å². The van der Waals surface area contributed by atoms with Gasteiger partial charge in [0, 0.05) is 12.7 Å². The van der Waals surface area contributed by atoms with E-state index in [4.69, 9.17) is 0 Å². The fourth-order valence-corrected chi connectivity index (χ4v) is 3.15. The first-order chi connectivity index (χ1) is 9.11. The highest BCUT2D eigenvalue weighted by Gasteiger charge is 2.44. The molecule has 0 aliphatic carbocycles. The molecule has 0 fully saturated rings. The van der Waals surface area contributed by atoms with E-state index in [0.29, 0.717) is 0 Å². The Morgan fingerprint density at radius 1 is 1.11 bits per heavy atom. The van der Waals surface area contributed by atoms with Gasteiger partial charge in [-0.25, -0.2) is 0 Å². The molecular formula is C17H25NO. The summed E-state index contributed by atoms with van der Waals surface area (Å²) in [6.45, 7) is 4.34. The summed E-state index contributed by atoms with van der Waals surface area (Å²) >= 11 is 0. The Hall–Kier alpha value is -1.31. The van der Waals surface area contributed by atoms with Crippen LogP contribution in [0.4, 0.5) is 5.69 Å². The molecule has 104 valence electrons. The van der Waals surface area contributed by atoms with Crippen LogP contribution in [0.5, 0.6) is 0 Å². The Labute approximate surface area is 116 Å². The van der Waals surface area contributed by atoms with Crippen molar-refractivity contribution >= 4 is 11.6 Å². The van der Waals surface area contributed by atoms with Crippen LogP contribution in [-0.2, 0) is 10.2 Å². The van der Waals surface area contributed by atoms with Crippen molar-refractivity contribution in [3.05, 3.63) is 29.8 Å². The average molecular weight is 259 g/mol. The molecule has 1 amide bonds. The second-order valence-corrected chi connectivity index (χ2v) is 5.88. The third-order valence-electron chi connectivity index (χ3n) is 4.42. The van der Waals surface area contributed by atoms with Crippen LogP contribution in [0.2, 0.25) is 0 Å².